The summed E-state index contributed by atoms with van der Waals surface area (Å²) in [7, 11) is 0. The standard InChI is InChI=1S/C17H14ClN5/c1-11-20-17-21-15(12-2-4-14(18)5-3-12)10-16(23(17)22-11)13-6-8-19-9-7-13/h2-10,16H,1H3,(H,20,21,22)/t16-/m0/s1. The summed E-state index contributed by atoms with van der Waals surface area (Å²) in [6.07, 6.45) is 5.72. The van der Waals surface area contributed by atoms with E-state index in [-0.39, 0.29) is 6.04 Å². The van der Waals surface area contributed by atoms with E-state index >= 15 is 0 Å². The minimum atomic E-state index is -0.0267. The molecule has 1 aliphatic rings. The first-order chi connectivity index (χ1) is 11.2. The Morgan fingerprint density at radius 1 is 1.09 bits per heavy atom. The highest BCUT2D eigenvalue weighted by molar-refractivity contribution is 6.30. The minimum absolute atomic E-state index is 0.0267. The zero-order valence-corrected chi connectivity index (χ0v) is 13.2. The molecule has 0 aliphatic carbocycles. The van der Waals surface area contributed by atoms with Gasteiger partial charge in [-0.1, -0.05) is 23.7 Å². The van der Waals surface area contributed by atoms with Gasteiger partial charge in [-0.3, -0.25) is 4.98 Å². The minimum Gasteiger partial charge on any atom is -0.324 e. The topological polar surface area (TPSA) is 55.6 Å². The number of rotatable bonds is 2. The van der Waals surface area contributed by atoms with E-state index in [4.69, 9.17) is 11.6 Å². The first-order valence-electron chi connectivity index (χ1n) is 7.28. The molecule has 3 aromatic rings. The van der Waals surface area contributed by atoms with Gasteiger partial charge in [-0.15, -0.1) is 0 Å². The Hall–Kier alpha value is -2.66. The fourth-order valence-corrected chi connectivity index (χ4v) is 2.82. The molecular formula is C17H14ClN5. The van der Waals surface area contributed by atoms with Gasteiger partial charge < -0.3 is 5.32 Å². The Kier molecular flexibility index (Phi) is 3.35. The second-order valence-corrected chi connectivity index (χ2v) is 5.80. The van der Waals surface area contributed by atoms with Crippen molar-refractivity contribution in [2.24, 2.45) is 0 Å². The van der Waals surface area contributed by atoms with Gasteiger partial charge in [-0.05, 0) is 48.4 Å². The fraction of sp³-hybridized carbons (Fsp3) is 0.118. The molecule has 0 fully saturated rings. The summed E-state index contributed by atoms with van der Waals surface area (Å²) in [5.74, 6) is 1.47. The summed E-state index contributed by atoms with van der Waals surface area (Å²) in [6, 6.07) is 11.7. The number of fused-ring (bicyclic) bond motifs is 1. The Morgan fingerprint density at radius 3 is 2.57 bits per heavy atom. The van der Waals surface area contributed by atoms with E-state index in [1.165, 1.54) is 0 Å². The third kappa shape index (κ3) is 2.59. The van der Waals surface area contributed by atoms with Gasteiger partial charge in [-0.2, -0.15) is 10.1 Å². The third-order valence-corrected chi connectivity index (χ3v) is 4.03. The lowest BCUT2D eigenvalue weighted by Gasteiger charge is -2.24. The number of nitrogens with zero attached hydrogens (tertiary/aromatic N) is 4. The molecule has 0 saturated carbocycles. The van der Waals surface area contributed by atoms with Gasteiger partial charge in [0.15, 0.2) is 0 Å². The molecule has 4 rings (SSSR count). The van der Waals surface area contributed by atoms with Crippen molar-refractivity contribution in [1.82, 2.24) is 19.7 Å². The SMILES string of the molecule is Cc1nc2n(n1)[C@H](c1ccncc1)C=C(c1ccc(Cl)cc1)N2. The van der Waals surface area contributed by atoms with Crippen LogP contribution in [0.15, 0.2) is 54.9 Å². The lowest BCUT2D eigenvalue weighted by Crippen LogP contribution is -2.20. The van der Waals surface area contributed by atoms with Gasteiger partial charge in [-0.25, -0.2) is 4.68 Å². The zero-order chi connectivity index (χ0) is 15.8. The molecule has 1 aliphatic heterocycles. The zero-order valence-electron chi connectivity index (χ0n) is 12.4. The number of hydrogen-bond donors (Lipinski definition) is 1. The predicted octanol–water partition coefficient (Wildman–Crippen LogP) is 3.69. The maximum atomic E-state index is 5.99. The quantitative estimate of drug-likeness (QED) is 0.781. The second kappa shape index (κ2) is 5.52. The van der Waals surface area contributed by atoms with Crippen molar-refractivity contribution in [3.8, 4) is 0 Å². The van der Waals surface area contributed by atoms with Crippen LogP contribution in [0, 0.1) is 6.92 Å². The van der Waals surface area contributed by atoms with Gasteiger partial charge in [0, 0.05) is 23.1 Å². The van der Waals surface area contributed by atoms with Crippen LogP contribution in [-0.2, 0) is 0 Å². The number of aromatic nitrogens is 4. The number of aryl methyl sites for hydroxylation is 1. The van der Waals surface area contributed by atoms with Crippen molar-refractivity contribution < 1.29 is 0 Å². The van der Waals surface area contributed by atoms with Crippen molar-refractivity contribution >= 4 is 23.2 Å². The summed E-state index contributed by atoms with van der Waals surface area (Å²) < 4.78 is 1.89. The predicted molar refractivity (Wildman–Crippen MR) is 90.2 cm³/mol. The van der Waals surface area contributed by atoms with Gasteiger partial charge in [0.25, 0.3) is 0 Å². The van der Waals surface area contributed by atoms with Crippen LogP contribution in [-0.4, -0.2) is 19.7 Å². The highest BCUT2D eigenvalue weighted by atomic mass is 35.5. The van der Waals surface area contributed by atoms with Gasteiger partial charge in [0.1, 0.15) is 11.9 Å². The lowest BCUT2D eigenvalue weighted by atomic mass is 10.0. The molecule has 0 amide bonds. The van der Waals surface area contributed by atoms with E-state index in [0.717, 1.165) is 33.6 Å². The molecule has 0 bridgehead atoms. The van der Waals surface area contributed by atoms with Crippen LogP contribution in [0.5, 0.6) is 0 Å². The van der Waals surface area contributed by atoms with Crippen LogP contribution in [0.3, 0.4) is 0 Å². The molecular weight excluding hydrogens is 310 g/mol. The molecule has 0 spiro atoms. The van der Waals surface area contributed by atoms with E-state index in [2.05, 4.69) is 26.5 Å². The van der Waals surface area contributed by atoms with Crippen LogP contribution in [0.4, 0.5) is 5.95 Å². The average Bonchev–Trinajstić information content (AvgIpc) is 2.95. The molecule has 0 saturated heterocycles. The van der Waals surface area contributed by atoms with E-state index in [1.54, 1.807) is 12.4 Å². The Balaban J connectivity index is 1.82. The smallest absolute Gasteiger partial charge is 0.226 e. The van der Waals surface area contributed by atoms with Crippen LogP contribution in [0.2, 0.25) is 5.02 Å². The van der Waals surface area contributed by atoms with E-state index in [9.17, 15) is 0 Å². The first kappa shape index (κ1) is 14.0. The summed E-state index contributed by atoms with van der Waals surface area (Å²) >= 11 is 5.99. The summed E-state index contributed by atoms with van der Waals surface area (Å²) in [4.78, 5) is 8.57. The maximum absolute atomic E-state index is 5.99. The Bertz CT molecular complexity index is 868. The molecule has 23 heavy (non-hydrogen) atoms. The van der Waals surface area contributed by atoms with Crippen molar-refractivity contribution in [3.05, 3.63) is 76.8 Å². The second-order valence-electron chi connectivity index (χ2n) is 5.36. The highest BCUT2D eigenvalue weighted by Crippen LogP contribution is 2.32. The number of allylic oxidation sites excluding steroid dienone is 1. The fourth-order valence-electron chi connectivity index (χ4n) is 2.70. The molecule has 3 heterocycles. The monoisotopic (exact) mass is 323 g/mol. The summed E-state index contributed by atoms with van der Waals surface area (Å²) in [6.45, 7) is 1.89. The number of anilines is 1. The number of halogens is 1. The van der Waals surface area contributed by atoms with Crippen LogP contribution < -0.4 is 5.32 Å². The van der Waals surface area contributed by atoms with Crippen molar-refractivity contribution in [1.29, 1.82) is 0 Å². The lowest BCUT2D eigenvalue weighted by molar-refractivity contribution is 0.607. The normalized spacial score (nSPS) is 16.4. The highest BCUT2D eigenvalue weighted by Gasteiger charge is 2.24. The molecule has 0 radical (unpaired) electrons. The molecule has 1 N–H and O–H groups in total. The van der Waals surface area contributed by atoms with E-state index in [0.29, 0.717) is 0 Å². The van der Waals surface area contributed by atoms with Gasteiger partial charge in [0.05, 0.1) is 0 Å². The van der Waals surface area contributed by atoms with Crippen LogP contribution in [0.25, 0.3) is 5.70 Å². The van der Waals surface area contributed by atoms with Crippen molar-refractivity contribution in [2.45, 2.75) is 13.0 Å². The third-order valence-electron chi connectivity index (χ3n) is 3.77. The van der Waals surface area contributed by atoms with Crippen molar-refractivity contribution in [3.63, 3.8) is 0 Å². The molecule has 1 aromatic carbocycles. The molecule has 0 unspecified atom stereocenters. The molecule has 114 valence electrons. The summed E-state index contributed by atoms with van der Waals surface area (Å²) in [5.41, 5.74) is 3.16. The molecule has 5 nitrogen and oxygen atoms in total. The largest absolute Gasteiger partial charge is 0.324 e. The van der Waals surface area contributed by atoms with Crippen LogP contribution in [0.1, 0.15) is 23.0 Å². The number of hydrogen-bond acceptors (Lipinski definition) is 4. The maximum Gasteiger partial charge on any atom is 0.226 e. The molecule has 2 aromatic heterocycles. The molecule has 1 atom stereocenters. The average molecular weight is 324 g/mol. The van der Waals surface area contributed by atoms with Crippen molar-refractivity contribution in [2.75, 3.05) is 5.32 Å². The van der Waals surface area contributed by atoms with E-state index < -0.39 is 0 Å². The molecule has 6 heteroatoms. The van der Waals surface area contributed by atoms with Gasteiger partial charge >= 0.3 is 0 Å². The van der Waals surface area contributed by atoms with E-state index in [1.807, 2.05) is 48.0 Å². The number of pyridine rings is 1. The van der Waals surface area contributed by atoms with Gasteiger partial charge in [0.2, 0.25) is 5.95 Å². The number of nitrogens with one attached hydrogen (secondary N) is 1. The summed E-state index contributed by atoms with van der Waals surface area (Å²) in [5, 5.41) is 8.57. The Morgan fingerprint density at radius 2 is 1.83 bits per heavy atom. The first-order valence-corrected chi connectivity index (χ1v) is 7.66. The Labute approximate surface area is 138 Å². The van der Waals surface area contributed by atoms with Crippen LogP contribution >= 0.6 is 11.6 Å². The number of benzene rings is 1.